The van der Waals surface area contributed by atoms with Gasteiger partial charge in [0.25, 0.3) is 0 Å². The molecule has 0 radical (unpaired) electrons. The molecule has 1 aliphatic rings. The Balaban J connectivity index is 1.92. The van der Waals surface area contributed by atoms with E-state index in [0.29, 0.717) is 5.84 Å². The number of benzene rings is 2. The third-order valence-corrected chi connectivity index (χ3v) is 2.88. The first-order valence-corrected chi connectivity index (χ1v) is 5.59. The summed E-state index contributed by atoms with van der Waals surface area (Å²) in [5.41, 5.74) is 9.11. The summed E-state index contributed by atoms with van der Waals surface area (Å²) in [5.74, 6) is 0.606. The van der Waals surface area contributed by atoms with Crippen LogP contribution in [-0.4, -0.2) is 5.84 Å². The molecule has 3 N–H and O–H groups in total. The number of fused-ring (bicyclic) bond motifs is 1. The van der Waals surface area contributed by atoms with Crippen molar-refractivity contribution in [3.8, 4) is 0 Å². The SMILES string of the molecule is NC1=NC(Nc2ccccc2)c2ccccc21. The van der Waals surface area contributed by atoms with Crippen LogP contribution in [0.2, 0.25) is 0 Å². The van der Waals surface area contributed by atoms with Gasteiger partial charge in [0.1, 0.15) is 12.0 Å². The Labute approximate surface area is 100.0 Å². The molecule has 0 spiro atoms. The molecule has 1 aliphatic heterocycles. The van der Waals surface area contributed by atoms with Crippen molar-refractivity contribution in [2.75, 3.05) is 5.32 Å². The molecule has 1 atom stereocenters. The first kappa shape index (κ1) is 9.90. The minimum absolute atomic E-state index is 0.0754. The smallest absolute Gasteiger partial charge is 0.147 e. The van der Waals surface area contributed by atoms with E-state index >= 15 is 0 Å². The lowest BCUT2D eigenvalue weighted by atomic mass is 10.1. The van der Waals surface area contributed by atoms with Crippen LogP contribution in [0, 0.1) is 0 Å². The number of nitrogens with one attached hydrogen (secondary N) is 1. The van der Waals surface area contributed by atoms with Crippen molar-refractivity contribution < 1.29 is 0 Å². The van der Waals surface area contributed by atoms with Gasteiger partial charge in [0, 0.05) is 16.8 Å². The van der Waals surface area contributed by atoms with E-state index in [9.17, 15) is 0 Å². The monoisotopic (exact) mass is 223 g/mol. The Morgan fingerprint density at radius 3 is 2.47 bits per heavy atom. The van der Waals surface area contributed by atoms with Crippen LogP contribution in [0.15, 0.2) is 59.6 Å². The molecule has 3 nitrogen and oxygen atoms in total. The van der Waals surface area contributed by atoms with Crippen LogP contribution >= 0.6 is 0 Å². The molecule has 3 rings (SSSR count). The van der Waals surface area contributed by atoms with Crippen molar-refractivity contribution >= 4 is 11.5 Å². The number of aliphatic imine (C=N–C) groups is 1. The molecule has 0 saturated heterocycles. The maximum Gasteiger partial charge on any atom is 0.147 e. The molecule has 84 valence electrons. The lowest BCUT2D eigenvalue weighted by molar-refractivity contribution is 0.859. The van der Waals surface area contributed by atoms with Crippen LogP contribution in [0.25, 0.3) is 0 Å². The van der Waals surface area contributed by atoms with E-state index in [1.54, 1.807) is 0 Å². The van der Waals surface area contributed by atoms with Gasteiger partial charge in [0.15, 0.2) is 0 Å². The number of hydrogen-bond acceptors (Lipinski definition) is 3. The fourth-order valence-corrected chi connectivity index (χ4v) is 2.05. The Kier molecular flexibility index (Phi) is 2.29. The largest absolute Gasteiger partial charge is 0.383 e. The summed E-state index contributed by atoms with van der Waals surface area (Å²) in [5, 5.41) is 3.36. The van der Waals surface area contributed by atoms with Crippen molar-refractivity contribution in [3.63, 3.8) is 0 Å². The van der Waals surface area contributed by atoms with E-state index < -0.39 is 0 Å². The molecular formula is C14H13N3. The standard InChI is InChI=1S/C14H13N3/c15-13-11-8-4-5-9-12(11)14(17-13)16-10-6-2-1-3-7-10/h1-9,14,16H,(H2,15,17). The summed E-state index contributed by atoms with van der Waals surface area (Å²) < 4.78 is 0. The first-order chi connectivity index (χ1) is 8.34. The van der Waals surface area contributed by atoms with Crippen molar-refractivity contribution in [2.24, 2.45) is 10.7 Å². The number of anilines is 1. The van der Waals surface area contributed by atoms with Crippen LogP contribution in [0.1, 0.15) is 17.3 Å². The average Bonchev–Trinajstić information content (AvgIpc) is 2.69. The Bertz CT molecular complexity index is 561. The van der Waals surface area contributed by atoms with Gasteiger partial charge in [0.05, 0.1) is 0 Å². The molecular weight excluding hydrogens is 210 g/mol. The number of rotatable bonds is 2. The predicted octanol–water partition coefficient (Wildman–Crippen LogP) is 2.52. The molecule has 1 unspecified atom stereocenters. The lowest BCUT2D eigenvalue weighted by Gasteiger charge is -2.12. The summed E-state index contributed by atoms with van der Waals surface area (Å²) in [6.07, 6.45) is -0.0754. The number of nitrogens with zero attached hydrogens (tertiary/aromatic N) is 1. The zero-order chi connectivity index (χ0) is 11.7. The Hall–Kier alpha value is -2.29. The normalized spacial score (nSPS) is 17.4. The second-order valence-corrected chi connectivity index (χ2v) is 4.01. The highest BCUT2D eigenvalue weighted by Gasteiger charge is 2.22. The van der Waals surface area contributed by atoms with E-state index in [2.05, 4.69) is 16.4 Å². The molecule has 0 aromatic heterocycles. The molecule has 3 heteroatoms. The predicted molar refractivity (Wildman–Crippen MR) is 70.0 cm³/mol. The van der Waals surface area contributed by atoms with Gasteiger partial charge in [0.2, 0.25) is 0 Å². The highest BCUT2D eigenvalue weighted by Crippen LogP contribution is 2.28. The molecule has 0 aliphatic carbocycles. The Morgan fingerprint density at radius 2 is 1.65 bits per heavy atom. The average molecular weight is 223 g/mol. The first-order valence-electron chi connectivity index (χ1n) is 5.59. The van der Waals surface area contributed by atoms with Gasteiger partial charge < -0.3 is 11.1 Å². The highest BCUT2D eigenvalue weighted by atomic mass is 15.1. The summed E-state index contributed by atoms with van der Waals surface area (Å²) in [7, 11) is 0. The maximum absolute atomic E-state index is 5.90. The minimum atomic E-state index is -0.0754. The van der Waals surface area contributed by atoms with Crippen LogP contribution in [0.3, 0.4) is 0 Å². The van der Waals surface area contributed by atoms with Gasteiger partial charge >= 0.3 is 0 Å². The van der Waals surface area contributed by atoms with E-state index in [-0.39, 0.29) is 6.17 Å². The second-order valence-electron chi connectivity index (χ2n) is 4.01. The van der Waals surface area contributed by atoms with E-state index in [1.807, 2.05) is 48.5 Å². The van der Waals surface area contributed by atoms with Crippen LogP contribution < -0.4 is 11.1 Å². The van der Waals surface area contributed by atoms with Gasteiger partial charge in [-0.2, -0.15) is 0 Å². The van der Waals surface area contributed by atoms with Crippen molar-refractivity contribution in [1.82, 2.24) is 0 Å². The molecule has 0 bridgehead atoms. The number of amidine groups is 1. The van der Waals surface area contributed by atoms with Gasteiger partial charge in [-0.05, 0) is 12.1 Å². The molecule has 0 saturated carbocycles. The molecule has 2 aromatic carbocycles. The van der Waals surface area contributed by atoms with Crippen LogP contribution in [-0.2, 0) is 0 Å². The zero-order valence-electron chi connectivity index (χ0n) is 9.30. The summed E-state index contributed by atoms with van der Waals surface area (Å²) >= 11 is 0. The van der Waals surface area contributed by atoms with Gasteiger partial charge in [-0.1, -0.05) is 42.5 Å². The molecule has 2 aromatic rings. The summed E-state index contributed by atoms with van der Waals surface area (Å²) in [4.78, 5) is 4.44. The minimum Gasteiger partial charge on any atom is -0.383 e. The second kappa shape index (κ2) is 3.94. The van der Waals surface area contributed by atoms with Crippen LogP contribution in [0.4, 0.5) is 5.69 Å². The number of para-hydroxylation sites is 1. The summed E-state index contributed by atoms with van der Waals surface area (Å²) in [6, 6.07) is 18.1. The van der Waals surface area contributed by atoms with E-state index in [1.165, 1.54) is 0 Å². The molecule has 1 heterocycles. The fourth-order valence-electron chi connectivity index (χ4n) is 2.05. The topological polar surface area (TPSA) is 50.4 Å². The fraction of sp³-hybridized carbons (Fsp3) is 0.0714. The van der Waals surface area contributed by atoms with Gasteiger partial charge in [-0.15, -0.1) is 0 Å². The van der Waals surface area contributed by atoms with Gasteiger partial charge in [-0.3, -0.25) is 0 Å². The third-order valence-electron chi connectivity index (χ3n) is 2.88. The summed E-state index contributed by atoms with van der Waals surface area (Å²) in [6.45, 7) is 0. The van der Waals surface area contributed by atoms with Crippen LogP contribution in [0.5, 0.6) is 0 Å². The third kappa shape index (κ3) is 1.76. The number of hydrogen-bond donors (Lipinski definition) is 2. The quantitative estimate of drug-likeness (QED) is 0.821. The molecule has 0 amide bonds. The van der Waals surface area contributed by atoms with E-state index in [4.69, 9.17) is 5.73 Å². The maximum atomic E-state index is 5.90. The van der Waals surface area contributed by atoms with Gasteiger partial charge in [-0.25, -0.2) is 4.99 Å². The van der Waals surface area contributed by atoms with E-state index in [0.717, 1.165) is 16.8 Å². The van der Waals surface area contributed by atoms with Crippen molar-refractivity contribution in [1.29, 1.82) is 0 Å². The number of nitrogens with two attached hydrogens (primary N) is 1. The van der Waals surface area contributed by atoms with Crippen molar-refractivity contribution in [3.05, 3.63) is 65.7 Å². The highest BCUT2D eigenvalue weighted by molar-refractivity contribution is 6.01. The zero-order valence-corrected chi connectivity index (χ0v) is 9.30. The van der Waals surface area contributed by atoms with Crippen molar-refractivity contribution in [2.45, 2.75) is 6.17 Å². The lowest BCUT2D eigenvalue weighted by Crippen LogP contribution is -2.09. The molecule has 17 heavy (non-hydrogen) atoms. The Morgan fingerprint density at radius 1 is 0.941 bits per heavy atom. The molecule has 0 fully saturated rings.